The van der Waals surface area contributed by atoms with E-state index in [1.807, 2.05) is 35.2 Å². The summed E-state index contributed by atoms with van der Waals surface area (Å²) in [6.45, 7) is 5.75. The fourth-order valence-corrected chi connectivity index (χ4v) is 6.96. The van der Waals surface area contributed by atoms with Gasteiger partial charge < -0.3 is 19.3 Å². The van der Waals surface area contributed by atoms with Gasteiger partial charge in [-0.25, -0.2) is 0 Å². The molecular weight excluding hydrogens is 570 g/mol. The quantitative estimate of drug-likeness (QED) is 0.217. The molecule has 2 saturated heterocycles. The Bertz CT molecular complexity index is 1500. The minimum Gasteiger partial charge on any atom is -0.497 e. The van der Waals surface area contributed by atoms with Gasteiger partial charge in [0.1, 0.15) is 11.5 Å². The zero-order chi connectivity index (χ0) is 30.5. The fraction of sp³-hybridized carbons (Fsp3) is 0.324. The van der Waals surface area contributed by atoms with Crippen LogP contribution in [0.5, 0.6) is 11.5 Å². The summed E-state index contributed by atoms with van der Waals surface area (Å²) in [6, 6.07) is 33.2. The molecule has 4 aromatic rings. The number of halogens is 1. The number of amides is 1. The van der Waals surface area contributed by atoms with E-state index in [4.69, 9.17) is 21.1 Å². The van der Waals surface area contributed by atoms with Crippen molar-refractivity contribution in [3.8, 4) is 11.5 Å². The molecule has 2 aliphatic rings. The Labute approximate surface area is 265 Å². The molecule has 0 atom stereocenters. The van der Waals surface area contributed by atoms with Crippen LogP contribution in [0.3, 0.4) is 0 Å². The SMILES string of the molecule is COc1ccc(C2(c3ccc(OC)cc3)CCCN(Cc3ccc(C(=O)N4CCN(c5cccc(Cl)c5)CC4)cc3)C2)cc1. The molecular formula is C37H40ClN3O3. The topological polar surface area (TPSA) is 45.3 Å². The van der Waals surface area contributed by atoms with Crippen LogP contribution in [-0.2, 0) is 12.0 Å². The normalized spacial score (nSPS) is 16.9. The summed E-state index contributed by atoms with van der Waals surface area (Å²) in [4.78, 5) is 20.1. The van der Waals surface area contributed by atoms with E-state index in [9.17, 15) is 4.79 Å². The second-order valence-electron chi connectivity index (χ2n) is 11.8. The van der Waals surface area contributed by atoms with Gasteiger partial charge >= 0.3 is 0 Å². The van der Waals surface area contributed by atoms with E-state index >= 15 is 0 Å². The number of carbonyl (C=O) groups excluding carboxylic acids is 1. The van der Waals surface area contributed by atoms with Crippen LogP contribution in [0.4, 0.5) is 5.69 Å². The average molecular weight is 610 g/mol. The van der Waals surface area contributed by atoms with Gasteiger partial charge in [-0.05, 0) is 90.7 Å². The van der Waals surface area contributed by atoms with Crippen molar-refractivity contribution >= 4 is 23.2 Å². The number of ether oxygens (including phenoxy) is 2. The first kappa shape index (κ1) is 30.0. The highest BCUT2D eigenvalue weighted by Gasteiger charge is 2.39. The molecule has 2 heterocycles. The lowest BCUT2D eigenvalue weighted by Gasteiger charge is -2.44. The van der Waals surface area contributed by atoms with Crippen molar-refractivity contribution in [1.29, 1.82) is 0 Å². The Hall–Kier alpha value is -4.00. The molecule has 44 heavy (non-hydrogen) atoms. The number of rotatable bonds is 8. The van der Waals surface area contributed by atoms with Crippen molar-refractivity contribution in [2.75, 3.05) is 58.4 Å². The number of hydrogen-bond donors (Lipinski definition) is 0. The summed E-state index contributed by atoms with van der Waals surface area (Å²) >= 11 is 6.19. The van der Waals surface area contributed by atoms with E-state index in [2.05, 4.69) is 76.5 Å². The maximum atomic E-state index is 13.3. The monoisotopic (exact) mass is 609 g/mol. The minimum absolute atomic E-state index is 0.0956. The van der Waals surface area contributed by atoms with Gasteiger partial charge in [0.15, 0.2) is 0 Å². The lowest BCUT2D eigenvalue weighted by molar-refractivity contribution is 0.0746. The molecule has 0 aliphatic carbocycles. The smallest absolute Gasteiger partial charge is 0.253 e. The molecule has 2 fully saturated rings. The van der Waals surface area contributed by atoms with Crippen LogP contribution < -0.4 is 14.4 Å². The molecule has 0 unspecified atom stereocenters. The number of nitrogens with zero attached hydrogens (tertiary/aromatic N) is 3. The van der Waals surface area contributed by atoms with Gasteiger partial charge in [0.2, 0.25) is 0 Å². The summed E-state index contributed by atoms with van der Waals surface area (Å²) < 4.78 is 10.9. The first-order valence-electron chi connectivity index (χ1n) is 15.4. The molecule has 2 aliphatic heterocycles. The summed E-state index contributed by atoms with van der Waals surface area (Å²) in [6.07, 6.45) is 2.16. The van der Waals surface area contributed by atoms with Crippen molar-refractivity contribution in [2.45, 2.75) is 24.8 Å². The van der Waals surface area contributed by atoms with Crippen LogP contribution in [0.1, 0.15) is 39.9 Å². The maximum absolute atomic E-state index is 13.3. The zero-order valence-electron chi connectivity index (χ0n) is 25.5. The Kier molecular flexibility index (Phi) is 9.10. The number of methoxy groups -OCH3 is 2. The highest BCUT2D eigenvalue weighted by molar-refractivity contribution is 6.30. The molecule has 6 nitrogen and oxygen atoms in total. The van der Waals surface area contributed by atoms with Crippen LogP contribution in [0.2, 0.25) is 5.02 Å². The molecule has 1 amide bonds. The van der Waals surface area contributed by atoms with E-state index in [-0.39, 0.29) is 11.3 Å². The number of piperidine rings is 1. The van der Waals surface area contributed by atoms with E-state index in [1.165, 1.54) is 16.7 Å². The highest BCUT2D eigenvalue weighted by atomic mass is 35.5. The maximum Gasteiger partial charge on any atom is 0.253 e. The molecule has 4 aromatic carbocycles. The third-order valence-electron chi connectivity index (χ3n) is 9.20. The predicted octanol–water partition coefficient (Wildman–Crippen LogP) is 6.90. The predicted molar refractivity (Wildman–Crippen MR) is 177 cm³/mol. The number of benzene rings is 4. The number of carbonyl (C=O) groups is 1. The molecule has 0 bridgehead atoms. The molecule has 0 aromatic heterocycles. The van der Waals surface area contributed by atoms with Crippen molar-refractivity contribution in [3.63, 3.8) is 0 Å². The average Bonchev–Trinajstić information content (AvgIpc) is 3.08. The Morgan fingerprint density at radius 1 is 0.773 bits per heavy atom. The van der Waals surface area contributed by atoms with Crippen LogP contribution in [0, 0.1) is 0 Å². The third kappa shape index (κ3) is 6.42. The van der Waals surface area contributed by atoms with E-state index < -0.39 is 0 Å². The van der Waals surface area contributed by atoms with Crippen molar-refractivity contribution in [2.24, 2.45) is 0 Å². The first-order chi connectivity index (χ1) is 21.5. The van der Waals surface area contributed by atoms with Gasteiger partial charge in [-0.3, -0.25) is 9.69 Å². The van der Waals surface area contributed by atoms with E-state index in [0.29, 0.717) is 13.1 Å². The van der Waals surface area contributed by atoms with Crippen LogP contribution in [0.25, 0.3) is 0 Å². The second-order valence-corrected chi connectivity index (χ2v) is 12.2. The number of anilines is 1. The fourth-order valence-electron chi connectivity index (χ4n) is 6.77. The van der Waals surface area contributed by atoms with Crippen molar-refractivity contribution in [1.82, 2.24) is 9.80 Å². The highest BCUT2D eigenvalue weighted by Crippen LogP contribution is 2.42. The van der Waals surface area contributed by atoms with Gasteiger partial charge in [0, 0.05) is 61.0 Å². The molecule has 7 heteroatoms. The molecule has 228 valence electrons. The van der Waals surface area contributed by atoms with Gasteiger partial charge in [0.25, 0.3) is 5.91 Å². The molecule has 0 N–H and O–H groups in total. The van der Waals surface area contributed by atoms with E-state index in [1.54, 1.807) is 14.2 Å². The molecule has 6 rings (SSSR count). The van der Waals surface area contributed by atoms with Crippen LogP contribution in [-0.4, -0.2) is 69.2 Å². The van der Waals surface area contributed by atoms with Gasteiger partial charge in [-0.15, -0.1) is 0 Å². The molecule has 0 spiro atoms. The summed E-state index contributed by atoms with van der Waals surface area (Å²) in [5.41, 5.74) is 5.52. The Morgan fingerprint density at radius 2 is 1.39 bits per heavy atom. The summed E-state index contributed by atoms with van der Waals surface area (Å²) in [5.74, 6) is 1.83. The minimum atomic E-state index is -0.139. The van der Waals surface area contributed by atoms with E-state index in [0.717, 1.165) is 73.3 Å². The molecule has 0 saturated carbocycles. The standard InChI is InChI=1S/C37H40ClN3O3/c1-43-34-15-11-30(12-16-34)37(31-13-17-35(44-2)18-14-31)19-4-20-39(27-37)26-28-7-9-29(10-8-28)36(42)41-23-21-40(22-24-41)33-6-3-5-32(38)25-33/h3,5-18,25H,4,19-24,26-27H2,1-2H3. The summed E-state index contributed by atoms with van der Waals surface area (Å²) in [7, 11) is 3.41. The third-order valence-corrected chi connectivity index (χ3v) is 9.44. The van der Waals surface area contributed by atoms with Crippen molar-refractivity contribution in [3.05, 3.63) is 124 Å². The van der Waals surface area contributed by atoms with Crippen LogP contribution >= 0.6 is 11.6 Å². The summed E-state index contributed by atoms with van der Waals surface area (Å²) in [5, 5.41) is 0.734. The molecule has 0 radical (unpaired) electrons. The van der Waals surface area contributed by atoms with Gasteiger partial charge in [-0.1, -0.05) is 54.1 Å². The van der Waals surface area contributed by atoms with Crippen molar-refractivity contribution < 1.29 is 14.3 Å². The first-order valence-corrected chi connectivity index (χ1v) is 15.8. The lowest BCUT2D eigenvalue weighted by atomic mass is 9.69. The second kappa shape index (κ2) is 13.3. The largest absolute Gasteiger partial charge is 0.497 e. The number of piperazine rings is 1. The van der Waals surface area contributed by atoms with Crippen LogP contribution in [0.15, 0.2) is 97.1 Å². The van der Waals surface area contributed by atoms with Gasteiger partial charge in [0.05, 0.1) is 14.2 Å². The Morgan fingerprint density at radius 3 is 1.95 bits per heavy atom. The lowest BCUT2D eigenvalue weighted by Crippen LogP contribution is -2.48. The number of likely N-dealkylation sites (tertiary alicyclic amines) is 1. The Balaban J connectivity index is 1.13. The zero-order valence-corrected chi connectivity index (χ0v) is 26.3. The number of hydrogen-bond acceptors (Lipinski definition) is 5. The van der Waals surface area contributed by atoms with Gasteiger partial charge in [-0.2, -0.15) is 0 Å².